The Bertz CT molecular complexity index is 474. The van der Waals surface area contributed by atoms with Crippen molar-refractivity contribution in [3.05, 3.63) is 28.8 Å². The van der Waals surface area contributed by atoms with E-state index in [4.69, 9.17) is 11.6 Å². The predicted octanol–water partition coefficient (Wildman–Crippen LogP) is 2.00. The smallest absolute Gasteiger partial charge is 0.232 e. The summed E-state index contributed by atoms with van der Waals surface area (Å²) in [6.07, 6.45) is 0.565. The quantitative estimate of drug-likeness (QED) is 0.782. The van der Waals surface area contributed by atoms with E-state index < -0.39 is 10.0 Å². The average molecular weight is 277 g/mol. The lowest BCUT2D eigenvalue weighted by Crippen LogP contribution is -2.20. The third-order valence-corrected chi connectivity index (χ3v) is 3.91. The molecule has 0 atom stereocenters. The molecule has 0 unspecified atom stereocenters. The number of hydrogen-bond donors (Lipinski definition) is 2. The van der Waals surface area contributed by atoms with Crippen molar-refractivity contribution in [2.24, 2.45) is 0 Å². The number of rotatable bonds is 6. The minimum atomic E-state index is -3.32. The van der Waals surface area contributed by atoms with Crippen LogP contribution in [0.3, 0.4) is 0 Å². The molecule has 4 nitrogen and oxygen atoms in total. The maximum absolute atomic E-state index is 11.7. The van der Waals surface area contributed by atoms with Crippen LogP contribution < -0.4 is 10.0 Å². The summed E-state index contributed by atoms with van der Waals surface area (Å²) in [7, 11) is -1.53. The van der Waals surface area contributed by atoms with E-state index in [1.54, 1.807) is 19.2 Å². The zero-order valence-corrected chi connectivity index (χ0v) is 11.5. The van der Waals surface area contributed by atoms with Gasteiger partial charge in [0.2, 0.25) is 10.0 Å². The Morgan fingerprint density at radius 2 is 2.06 bits per heavy atom. The van der Waals surface area contributed by atoms with E-state index in [-0.39, 0.29) is 5.75 Å². The van der Waals surface area contributed by atoms with E-state index >= 15 is 0 Å². The van der Waals surface area contributed by atoms with Gasteiger partial charge in [-0.3, -0.25) is 4.72 Å². The highest BCUT2D eigenvalue weighted by atomic mass is 35.5. The molecule has 96 valence electrons. The van der Waals surface area contributed by atoms with Gasteiger partial charge in [-0.05, 0) is 44.6 Å². The van der Waals surface area contributed by atoms with E-state index in [1.165, 1.54) is 0 Å². The second-order valence-electron chi connectivity index (χ2n) is 3.86. The Hall–Kier alpha value is -0.780. The van der Waals surface area contributed by atoms with Crippen LogP contribution in [0.1, 0.15) is 12.0 Å². The van der Waals surface area contributed by atoms with Gasteiger partial charge in [-0.25, -0.2) is 8.42 Å². The van der Waals surface area contributed by atoms with Crippen LogP contribution >= 0.6 is 11.6 Å². The molecule has 0 amide bonds. The van der Waals surface area contributed by atoms with E-state index in [0.717, 1.165) is 5.56 Å². The van der Waals surface area contributed by atoms with E-state index in [1.807, 2.05) is 13.0 Å². The molecule has 0 aliphatic rings. The molecule has 2 N–H and O–H groups in total. The SMILES string of the molecule is CNCCCS(=O)(=O)Nc1cc(C)ccc1Cl. The third kappa shape index (κ3) is 4.93. The van der Waals surface area contributed by atoms with Gasteiger partial charge in [-0.1, -0.05) is 17.7 Å². The number of aryl methyl sites for hydroxylation is 1. The van der Waals surface area contributed by atoms with Crippen LogP contribution in [-0.2, 0) is 10.0 Å². The molecule has 0 heterocycles. The lowest BCUT2D eigenvalue weighted by atomic mass is 10.2. The van der Waals surface area contributed by atoms with Gasteiger partial charge in [-0.2, -0.15) is 0 Å². The summed E-state index contributed by atoms with van der Waals surface area (Å²) >= 11 is 5.92. The van der Waals surface area contributed by atoms with Crippen molar-refractivity contribution in [3.8, 4) is 0 Å². The summed E-state index contributed by atoms with van der Waals surface area (Å²) in [4.78, 5) is 0. The Balaban J connectivity index is 2.72. The van der Waals surface area contributed by atoms with Crippen LogP contribution in [0.2, 0.25) is 5.02 Å². The Labute approximate surface area is 107 Å². The Morgan fingerprint density at radius 1 is 1.35 bits per heavy atom. The number of nitrogens with one attached hydrogen (secondary N) is 2. The van der Waals surface area contributed by atoms with Gasteiger partial charge in [0.05, 0.1) is 16.5 Å². The van der Waals surface area contributed by atoms with E-state index in [0.29, 0.717) is 23.7 Å². The third-order valence-electron chi connectivity index (χ3n) is 2.23. The van der Waals surface area contributed by atoms with Crippen molar-refractivity contribution in [3.63, 3.8) is 0 Å². The van der Waals surface area contributed by atoms with Crippen molar-refractivity contribution < 1.29 is 8.42 Å². The molecule has 0 aliphatic carbocycles. The Morgan fingerprint density at radius 3 is 2.71 bits per heavy atom. The van der Waals surface area contributed by atoms with Crippen LogP contribution in [0.25, 0.3) is 0 Å². The summed E-state index contributed by atoms with van der Waals surface area (Å²) in [5.74, 6) is 0.0815. The zero-order chi connectivity index (χ0) is 12.9. The first-order valence-corrected chi connectivity index (χ1v) is 7.39. The van der Waals surface area contributed by atoms with Crippen molar-refractivity contribution in [1.82, 2.24) is 5.32 Å². The molecule has 6 heteroatoms. The minimum Gasteiger partial charge on any atom is -0.320 e. The first-order chi connectivity index (χ1) is 7.94. The largest absolute Gasteiger partial charge is 0.320 e. The minimum absolute atomic E-state index is 0.0815. The van der Waals surface area contributed by atoms with Gasteiger partial charge >= 0.3 is 0 Å². The maximum atomic E-state index is 11.7. The van der Waals surface area contributed by atoms with E-state index in [9.17, 15) is 8.42 Å². The highest BCUT2D eigenvalue weighted by molar-refractivity contribution is 7.92. The molecular weight excluding hydrogens is 260 g/mol. The molecule has 0 saturated carbocycles. The molecule has 1 rings (SSSR count). The number of benzene rings is 1. The molecule has 1 aromatic carbocycles. The molecule has 0 aliphatic heterocycles. The highest BCUT2D eigenvalue weighted by Gasteiger charge is 2.11. The Kier molecular flexibility index (Phi) is 5.24. The maximum Gasteiger partial charge on any atom is 0.232 e. The lowest BCUT2D eigenvalue weighted by molar-refractivity contribution is 0.597. The van der Waals surface area contributed by atoms with Crippen LogP contribution in [0, 0.1) is 6.92 Å². The topological polar surface area (TPSA) is 58.2 Å². The fraction of sp³-hybridized carbons (Fsp3) is 0.455. The highest BCUT2D eigenvalue weighted by Crippen LogP contribution is 2.23. The number of hydrogen-bond acceptors (Lipinski definition) is 3. The molecule has 0 bridgehead atoms. The average Bonchev–Trinajstić information content (AvgIpc) is 2.23. The second-order valence-corrected chi connectivity index (χ2v) is 6.11. The lowest BCUT2D eigenvalue weighted by Gasteiger charge is -2.10. The summed E-state index contributed by atoms with van der Waals surface area (Å²) in [6, 6.07) is 5.24. The van der Waals surface area contributed by atoms with E-state index in [2.05, 4.69) is 10.0 Å². The van der Waals surface area contributed by atoms with Crippen molar-refractivity contribution in [2.45, 2.75) is 13.3 Å². The summed E-state index contributed by atoms with van der Waals surface area (Å²) in [5.41, 5.74) is 1.40. The molecule has 1 aromatic rings. The molecule has 0 saturated heterocycles. The van der Waals surface area contributed by atoms with Crippen molar-refractivity contribution >= 4 is 27.3 Å². The summed E-state index contributed by atoms with van der Waals surface area (Å²) < 4.78 is 26.0. The second kappa shape index (κ2) is 6.23. The number of anilines is 1. The predicted molar refractivity (Wildman–Crippen MR) is 72.1 cm³/mol. The van der Waals surface area contributed by atoms with Gasteiger partial charge in [0, 0.05) is 0 Å². The summed E-state index contributed by atoms with van der Waals surface area (Å²) in [5, 5.41) is 3.32. The molecule has 0 spiro atoms. The fourth-order valence-electron chi connectivity index (χ4n) is 1.37. The van der Waals surface area contributed by atoms with Crippen LogP contribution in [0.4, 0.5) is 5.69 Å². The van der Waals surface area contributed by atoms with Crippen molar-refractivity contribution in [1.29, 1.82) is 0 Å². The van der Waals surface area contributed by atoms with Crippen LogP contribution in [0.15, 0.2) is 18.2 Å². The van der Waals surface area contributed by atoms with Gasteiger partial charge in [0.25, 0.3) is 0 Å². The van der Waals surface area contributed by atoms with Crippen molar-refractivity contribution in [2.75, 3.05) is 24.1 Å². The molecule has 0 fully saturated rings. The van der Waals surface area contributed by atoms with Crippen LogP contribution in [-0.4, -0.2) is 27.8 Å². The molecule has 17 heavy (non-hydrogen) atoms. The van der Waals surface area contributed by atoms with Gasteiger partial charge < -0.3 is 5.32 Å². The van der Waals surface area contributed by atoms with Gasteiger partial charge in [0.15, 0.2) is 0 Å². The first-order valence-electron chi connectivity index (χ1n) is 5.36. The van der Waals surface area contributed by atoms with Crippen LogP contribution in [0.5, 0.6) is 0 Å². The zero-order valence-electron chi connectivity index (χ0n) is 9.96. The standard InChI is InChI=1S/C11H17ClN2O2S/c1-9-4-5-10(12)11(8-9)14-17(15,16)7-3-6-13-2/h4-5,8,13-14H,3,6-7H2,1-2H3. The first kappa shape index (κ1) is 14.3. The summed E-state index contributed by atoms with van der Waals surface area (Å²) in [6.45, 7) is 2.55. The normalized spacial score (nSPS) is 11.5. The molecule has 0 radical (unpaired) electrons. The van der Waals surface area contributed by atoms with Gasteiger partial charge in [0.1, 0.15) is 0 Å². The molecule has 0 aromatic heterocycles. The number of sulfonamides is 1. The molecular formula is C11H17ClN2O2S. The fourth-order valence-corrected chi connectivity index (χ4v) is 2.73. The van der Waals surface area contributed by atoms with Gasteiger partial charge in [-0.15, -0.1) is 0 Å². The number of halogens is 1. The monoisotopic (exact) mass is 276 g/mol.